The van der Waals surface area contributed by atoms with Gasteiger partial charge in [-0.05, 0) is 43.2 Å². The van der Waals surface area contributed by atoms with E-state index >= 15 is 0 Å². The first kappa shape index (κ1) is 18.3. The first-order valence-corrected chi connectivity index (χ1v) is 8.45. The molecule has 27 heavy (non-hydrogen) atoms. The van der Waals surface area contributed by atoms with Crippen LogP contribution in [0.4, 0.5) is 28.7 Å². The van der Waals surface area contributed by atoms with E-state index in [-0.39, 0.29) is 0 Å². The van der Waals surface area contributed by atoms with Crippen molar-refractivity contribution in [3.63, 3.8) is 0 Å². The van der Waals surface area contributed by atoms with Crippen molar-refractivity contribution in [3.05, 3.63) is 53.9 Å². The number of benzene rings is 2. The van der Waals surface area contributed by atoms with E-state index in [4.69, 9.17) is 15.2 Å². The number of rotatable bonds is 6. The Kier molecular flexibility index (Phi) is 5.30. The number of nitrogens with zero attached hydrogens (tertiary/aromatic N) is 2. The Morgan fingerprint density at radius 1 is 0.852 bits per heavy atom. The van der Waals surface area contributed by atoms with Crippen molar-refractivity contribution in [1.82, 2.24) is 9.97 Å². The molecule has 0 saturated carbocycles. The largest absolute Gasteiger partial charge is 0.497 e. The molecule has 0 aliphatic carbocycles. The number of aryl methyl sites for hydroxylation is 2. The predicted octanol–water partition coefficient (Wildman–Crippen LogP) is 4.18. The van der Waals surface area contributed by atoms with E-state index < -0.39 is 0 Å². The first-order valence-electron chi connectivity index (χ1n) is 8.45. The Balaban J connectivity index is 1.90. The second-order valence-electron chi connectivity index (χ2n) is 6.12. The monoisotopic (exact) mass is 365 g/mol. The summed E-state index contributed by atoms with van der Waals surface area (Å²) in [4.78, 5) is 8.54. The van der Waals surface area contributed by atoms with Crippen molar-refractivity contribution in [3.8, 4) is 11.5 Å². The fourth-order valence-corrected chi connectivity index (χ4v) is 2.62. The maximum atomic E-state index is 6.30. The molecule has 0 aliphatic heterocycles. The van der Waals surface area contributed by atoms with Gasteiger partial charge in [0.2, 0.25) is 0 Å². The van der Waals surface area contributed by atoms with Crippen LogP contribution in [-0.4, -0.2) is 24.2 Å². The topological polar surface area (TPSA) is 94.3 Å². The maximum absolute atomic E-state index is 6.30. The van der Waals surface area contributed by atoms with Crippen LogP contribution in [0.25, 0.3) is 0 Å². The summed E-state index contributed by atoms with van der Waals surface area (Å²) in [6.07, 6.45) is 1.46. The number of nitrogens with one attached hydrogen (secondary N) is 2. The van der Waals surface area contributed by atoms with Crippen LogP contribution in [0.5, 0.6) is 11.5 Å². The lowest BCUT2D eigenvalue weighted by Gasteiger charge is -2.16. The SMILES string of the molecule is COc1ccc(Nc2ncnc(Nc3cc(C)ccc3C)c2N)c(OC)c1. The van der Waals surface area contributed by atoms with E-state index in [2.05, 4.69) is 38.8 Å². The number of hydrogen-bond acceptors (Lipinski definition) is 7. The quantitative estimate of drug-likeness (QED) is 0.603. The third kappa shape index (κ3) is 4.03. The Morgan fingerprint density at radius 2 is 1.56 bits per heavy atom. The summed E-state index contributed by atoms with van der Waals surface area (Å²) in [5.41, 5.74) is 10.6. The van der Waals surface area contributed by atoms with Crippen LogP contribution in [0.15, 0.2) is 42.7 Å². The van der Waals surface area contributed by atoms with Gasteiger partial charge in [0.1, 0.15) is 23.5 Å². The smallest absolute Gasteiger partial charge is 0.159 e. The Bertz CT molecular complexity index is 959. The van der Waals surface area contributed by atoms with Gasteiger partial charge >= 0.3 is 0 Å². The highest BCUT2D eigenvalue weighted by molar-refractivity contribution is 5.82. The summed E-state index contributed by atoms with van der Waals surface area (Å²) in [7, 11) is 3.20. The normalized spacial score (nSPS) is 10.4. The third-order valence-corrected chi connectivity index (χ3v) is 4.19. The molecule has 0 bridgehead atoms. The van der Waals surface area contributed by atoms with Crippen LogP contribution in [-0.2, 0) is 0 Å². The second kappa shape index (κ2) is 7.82. The summed E-state index contributed by atoms with van der Waals surface area (Å²) < 4.78 is 10.6. The minimum Gasteiger partial charge on any atom is -0.497 e. The average molecular weight is 365 g/mol. The molecule has 3 aromatic rings. The molecular weight excluding hydrogens is 342 g/mol. The van der Waals surface area contributed by atoms with Crippen molar-refractivity contribution in [2.24, 2.45) is 0 Å². The molecule has 140 valence electrons. The Hall–Kier alpha value is -3.48. The number of aromatic nitrogens is 2. The summed E-state index contributed by atoms with van der Waals surface area (Å²) in [5.74, 6) is 2.34. The van der Waals surface area contributed by atoms with Gasteiger partial charge in [0.15, 0.2) is 11.6 Å². The number of nitrogens with two attached hydrogens (primary N) is 1. The molecule has 7 nitrogen and oxygen atoms in total. The molecule has 0 spiro atoms. The van der Waals surface area contributed by atoms with Crippen LogP contribution in [0, 0.1) is 13.8 Å². The van der Waals surface area contributed by atoms with Gasteiger partial charge in [0.25, 0.3) is 0 Å². The minimum atomic E-state index is 0.413. The fraction of sp³-hybridized carbons (Fsp3) is 0.200. The molecule has 0 aliphatic rings. The lowest BCUT2D eigenvalue weighted by molar-refractivity contribution is 0.395. The highest BCUT2D eigenvalue weighted by Gasteiger charge is 2.12. The van der Waals surface area contributed by atoms with Crippen molar-refractivity contribution < 1.29 is 9.47 Å². The predicted molar refractivity (Wildman–Crippen MR) is 108 cm³/mol. The number of anilines is 5. The molecule has 4 N–H and O–H groups in total. The molecular formula is C20H23N5O2. The first-order chi connectivity index (χ1) is 13.0. The maximum Gasteiger partial charge on any atom is 0.159 e. The van der Waals surface area contributed by atoms with E-state index in [1.54, 1.807) is 20.3 Å². The van der Waals surface area contributed by atoms with E-state index in [0.29, 0.717) is 28.8 Å². The van der Waals surface area contributed by atoms with Gasteiger partial charge in [-0.25, -0.2) is 9.97 Å². The highest BCUT2D eigenvalue weighted by atomic mass is 16.5. The summed E-state index contributed by atoms with van der Waals surface area (Å²) in [6.45, 7) is 4.07. The Morgan fingerprint density at radius 3 is 2.22 bits per heavy atom. The van der Waals surface area contributed by atoms with Crippen LogP contribution < -0.4 is 25.8 Å². The Labute approximate surface area is 158 Å². The molecule has 0 amide bonds. The fourth-order valence-electron chi connectivity index (χ4n) is 2.62. The van der Waals surface area contributed by atoms with Crippen molar-refractivity contribution >= 4 is 28.7 Å². The van der Waals surface area contributed by atoms with E-state index in [0.717, 1.165) is 22.5 Å². The van der Waals surface area contributed by atoms with Gasteiger partial charge in [-0.2, -0.15) is 0 Å². The molecule has 7 heteroatoms. The van der Waals surface area contributed by atoms with Crippen LogP contribution in [0.1, 0.15) is 11.1 Å². The zero-order valence-electron chi connectivity index (χ0n) is 15.8. The highest BCUT2D eigenvalue weighted by Crippen LogP contribution is 2.34. The number of hydrogen-bond donors (Lipinski definition) is 3. The third-order valence-electron chi connectivity index (χ3n) is 4.19. The standard InChI is InChI=1S/C20H23N5O2/c1-12-5-6-13(2)16(9-12)25-20-18(21)19(22-11-23-20)24-15-8-7-14(26-3)10-17(15)27-4/h5-11H,21H2,1-4H3,(H2,22,23,24,25). The molecule has 0 radical (unpaired) electrons. The van der Waals surface area contributed by atoms with E-state index in [9.17, 15) is 0 Å². The van der Waals surface area contributed by atoms with Gasteiger partial charge in [0.05, 0.1) is 19.9 Å². The van der Waals surface area contributed by atoms with E-state index in [1.807, 2.05) is 26.0 Å². The van der Waals surface area contributed by atoms with Crippen molar-refractivity contribution in [1.29, 1.82) is 0 Å². The second-order valence-corrected chi connectivity index (χ2v) is 6.12. The minimum absolute atomic E-state index is 0.413. The zero-order chi connectivity index (χ0) is 19.4. The molecule has 0 saturated heterocycles. The van der Waals surface area contributed by atoms with Crippen LogP contribution in [0.2, 0.25) is 0 Å². The van der Waals surface area contributed by atoms with Crippen LogP contribution >= 0.6 is 0 Å². The van der Waals surface area contributed by atoms with Crippen LogP contribution in [0.3, 0.4) is 0 Å². The summed E-state index contributed by atoms with van der Waals surface area (Å²) in [5, 5.41) is 6.49. The van der Waals surface area contributed by atoms with Gasteiger partial charge < -0.3 is 25.8 Å². The molecule has 0 unspecified atom stereocenters. The molecule has 1 heterocycles. The number of ether oxygens (including phenoxy) is 2. The molecule has 1 aromatic heterocycles. The van der Waals surface area contributed by atoms with Crippen molar-refractivity contribution in [2.75, 3.05) is 30.6 Å². The summed E-state index contributed by atoms with van der Waals surface area (Å²) in [6, 6.07) is 11.6. The number of nitrogen functional groups attached to an aromatic ring is 1. The lowest BCUT2D eigenvalue weighted by Crippen LogP contribution is -2.06. The van der Waals surface area contributed by atoms with Gasteiger partial charge in [-0.3, -0.25) is 0 Å². The molecule has 2 aromatic carbocycles. The van der Waals surface area contributed by atoms with Gasteiger partial charge in [0, 0.05) is 11.8 Å². The van der Waals surface area contributed by atoms with E-state index in [1.165, 1.54) is 6.33 Å². The molecule has 0 atom stereocenters. The van der Waals surface area contributed by atoms with Gasteiger partial charge in [-0.15, -0.1) is 0 Å². The van der Waals surface area contributed by atoms with Gasteiger partial charge in [-0.1, -0.05) is 12.1 Å². The molecule has 0 fully saturated rings. The lowest BCUT2D eigenvalue weighted by atomic mass is 10.1. The number of methoxy groups -OCH3 is 2. The van der Waals surface area contributed by atoms with Crippen molar-refractivity contribution in [2.45, 2.75) is 13.8 Å². The zero-order valence-corrected chi connectivity index (χ0v) is 15.8. The average Bonchev–Trinajstić information content (AvgIpc) is 2.68. The summed E-state index contributed by atoms with van der Waals surface area (Å²) >= 11 is 0. The molecule has 3 rings (SSSR count).